The van der Waals surface area contributed by atoms with Crippen molar-refractivity contribution in [1.82, 2.24) is 14.8 Å². The molecule has 1 fully saturated rings. The lowest BCUT2D eigenvalue weighted by Gasteiger charge is -2.51. The maximum Gasteiger partial charge on any atom is 0.254 e. The van der Waals surface area contributed by atoms with Gasteiger partial charge in [-0.3, -0.25) is 9.59 Å². The normalized spacial score (nSPS) is 21.8. The molecule has 0 spiro atoms. The molecule has 1 saturated heterocycles. The van der Waals surface area contributed by atoms with Crippen molar-refractivity contribution in [3.8, 4) is 11.5 Å². The van der Waals surface area contributed by atoms with Crippen LogP contribution in [0.3, 0.4) is 0 Å². The van der Waals surface area contributed by atoms with E-state index >= 15 is 0 Å². The number of H-pyrrole nitrogens is 1. The first-order chi connectivity index (χ1) is 16.9. The molecular formula is C28H33N3O4. The largest absolute Gasteiger partial charge is 0.493 e. The number of carbonyl (C=O) groups is 2. The number of piperazine rings is 1. The third-order valence-corrected chi connectivity index (χ3v) is 7.49. The van der Waals surface area contributed by atoms with E-state index in [1.807, 2.05) is 50.2 Å². The Kier molecular flexibility index (Phi) is 5.95. The highest BCUT2D eigenvalue weighted by atomic mass is 16.5. The van der Waals surface area contributed by atoms with Crippen molar-refractivity contribution in [3.63, 3.8) is 0 Å². The number of amides is 2. The van der Waals surface area contributed by atoms with E-state index in [1.165, 1.54) is 0 Å². The van der Waals surface area contributed by atoms with Crippen molar-refractivity contribution in [2.24, 2.45) is 0 Å². The third kappa shape index (κ3) is 3.48. The molecule has 2 aromatic carbocycles. The molecule has 2 atom stereocenters. The number of methoxy groups -OCH3 is 1. The minimum atomic E-state index is -1.08. The molecule has 1 aromatic heterocycles. The van der Waals surface area contributed by atoms with Gasteiger partial charge in [-0.2, -0.15) is 0 Å². The number of aromatic amines is 1. The molecule has 7 heteroatoms. The highest BCUT2D eigenvalue weighted by Gasteiger charge is 2.56. The molecule has 2 aliphatic rings. The zero-order valence-electron chi connectivity index (χ0n) is 20.9. The highest BCUT2D eigenvalue weighted by Crippen LogP contribution is 2.50. The summed E-state index contributed by atoms with van der Waals surface area (Å²) in [7, 11) is 1.63. The Labute approximate surface area is 206 Å². The Hall–Kier alpha value is -3.48. The summed E-state index contributed by atoms with van der Waals surface area (Å²) in [6.07, 6.45) is 1.84. The number of hydrogen-bond donors (Lipinski definition) is 1. The lowest BCUT2D eigenvalue weighted by molar-refractivity contribution is -0.166. The first-order valence-corrected chi connectivity index (χ1v) is 12.5. The number of nitrogens with one attached hydrogen (secondary N) is 1. The van der Waals surface area contributed by atoms with E-state index in [1.54, 1.807) is 16.9 Å². The van der Waals surface area contributed by atoms with E-state index in [9.17, 15) is 9.59 Å². The number of unbranched alkanes of at least 4 members (excludes halogenated alkanes) is 1. The maximum absolute atomic E-state index is 14.0. The Morgan fingerprint density at radius 1 is 1.11 bits per heavy atom. The second kappa shape index (κ2) is 8.95. The van der Waals surface area contributed by atoms with Crippen molar-refractivity contribution in [3.05, 3.63) is 59.3 Å². The van der Waals surface area contributed by atoms with Gasteiger partial charge in [0.25, 0.3) is 5.91 Å². The van der Waals surface area contributed by atoms with Gasteiger partial charge in [0.1, 0.15) is 0 Å². The number of benzene rings is 2. The SMILES string of the molecule is CCCCN1CC(=O)N2CC(c3cccc(OC)c3OCC)c3c([nH]c4ccccc34)C2(C)C1=O. The van der Waals surface area contributed by atoms with Gasteiger partial charge in [0.2, 0.25) is 5.91 Å². The van der Waals surface area contributed by atoms with Gasteiger partial charge in [-0.1, -0.05) is 43.7 Å². The van der Waals surface area contributed by atoms with Gasteiger partial charge in [0.05, 0.1) is 26.0 Å². The molecular weight excluding hydrogens is 442 g/mol. The summed E-state index contributed by atoms with van der Waals surface area (Å²) in [5.41, 5.74) is 2.66. The second-order valence-electron chi connectivity index (χ2n) is 9.48. The number of nitrogens with zero attached hydrogens (tertiary/aromatic N) is 2. The van der Waals surface area contributed by atoms with E-state index in [4.69, 9.17) is 9.47 Å². The molecule has 2 aliphatic heterocycles. The number of aromatic nitrogens is 1. The van der Waals surface area contributed by atoms with Crippen LogP contribution in [-0.2, 0) is 15.1 Å². The number of rotatable bonds is 7. The summed E-state index contributed by atoms with van der Waals surface area (Å²) in [6.45, 7) is 7.53. The molecule has 5 rings (SSSR count). The van der Waals surface area contributed by atoms with Crippen LogP contribution in [0.2, 0.25) is 0 Å². The molecule has 35 heavy (non-hydrogen) atoms. The summed E-state index contributed by atoms with van der Waals surface area (Å²) < 4.78 is 11.7. The highest BCUT2D eigenvalue weighted by molar-refractivity contribution is 6.01. The Bertz CT molecular complexity index is 1280. The van der Waals surface area contributed by atoms with Crippen LogP contribution in [0.15, 0.2) is 42.5 Å². The average molecular weight is 476 g/mol. The van der Waals surface area contributed by atoms with Crippen LogP contribution in [0, 0.1) is 0 Å². The summed E-state index contributed by atoms with van der Waals surface area (Å²) in [5.74, 6) is 1.12. The summed E-state index contributed by atoms with van der Waals surface area (Å²) >= 11 is 0. The van der Waals surface area contributed by atoms with E-state index in [2.05, 4.69) is 18.0 Å². The van der Waals surface area contributed by atoms with Crippen molar-refractivity contribution < 1.29 is 19.1 Å². The number of ether oxygens (including phenoxy) is 2. The Balaban J connectivity index is 1.74. The lowest BCUT2D eigenvalue weighted by Crippen LogP contribution is -2.67. The van der Waals surface area contributed by atoms with Crippen LogP contribution < -0.4 is 9.47 Å². The van der Waals surface area contributed by atoms with Gasteiger partial charge in [-0.05, 0) is 38.0 Å². The van der Waals surface area contributed by atoms with Crippen LogP contribution in [0.1, 0.15) is 56.4 Å². The molecule has 2 unspecified atom stereocenters. The van der Waals surface area contributed by atoms with E-state index in [0.717, 1.165) is 40.6 Å². The van der Waals surface area contributed by atoms with Gasteiger partial charge in [-0.15, -0.1) is 0 Å². The first-order valence-electron chi connectivity index (χ1n) is 12.5. The topological polar surface area (TPSA) is 74.9 Å². The maximum atomic E-state index is 14.0. The van der Waals surface area contributed by atoms with Gasteiger partial charge >= 0.3 is 0 Å². The third-order valence-electron chi connectivity index (χ3n) is 7.49. The molecule has 184 valence electrons. The predicted octanol–water partition coefficient (Wildman–Crippen LogP) is 4.41. The molecule has 7 nitrogen and oxygen atoms in total. The van der Waals surface area contributed by atoms with Crippen molar-refractivity contribution >= 4 is 22.7 Å². The summed E-state index contributed by atoms with van der Waals surface area (Å²) in [5, 5.41) is 1.06. The molecule has 0 bridgehead atoms. The lowest BCUT2D eigenvalue weighted by atomic mass is 9.76. The van der Waals surface area contributed by atoms with E-state index in [0.29, 0.717) is 31.2 Å². The molecule has 3 aromatic rings. The van der Waals surface area contributed by atoms with Crippen LogP contribution in [0.4, 0.5) is 0 Å². The van der Waals surface area contributed by atoms with Crippen molar-refractivity contribution in [2.45, 2.75) is 45.1 Å². The summed E-state index contributed by atoms with van der Waals surface area (Å²) in [6, 6.07) is 14.0. The number of carbonyl (C=O) groups excluding carboxylic acids is 2. The zero-order valence-corrected chi connectivity index (χ0v) is 20.9. The monoisotopic (exact) mass is 475 g/mol. The van der Waals surface area contributed by atoms with Crippen LogP contribution in [-0.4, -0.2) is 59.9 Å². The minimum Gasteiger partial charge on any atom is -0.493 e. The van der Waals surface area contributed by atoms with Crippen molar-refractivity contribution in [1.29, 1.82) is 0 Å². The molecule has 1 N–H and O–H groups in total. The molecule has 2 amide bonds. The fraction of sp³-hybridized carbons (Fsp3) is 0.429. The molecule has 0 radical (unpaired) electrons. The van der Waals surface area contributed by atoms with E-state index in [-0.39, 0.29) is 24.3 Å². The van der Waals surface area contributed by atoms with Gasteiger partial charge in [-0.25, -0.2) is 0 Å². The number of para-hydroxylation sites is 2. The van der Waals surface area contributed by atoms with Crippen LogP contribution in [0.25, 0.3) is 10.9 Å². The number of hydrogen-bond acceptors (Lipinski definition) is 4. The van der Waals surface area contributed by atoms with Gasteiger partial charge < -0.3 is 24.3 Å². The van der Waals surface area contributed by atoms with Gasteiger partial charge in [0, 0.05) is 35.5 Å². The smallest absolute Gasteiger partial charge is 0.254 e. The standard InChI is InChI=1S/C28H33N3O4/c1-5-7-15-30-17-23(32)31-16-20(18-12-10-14-22(34-4)25(18)35-6-2)24-19-11-8-9-13-21(19)29-26(24)28(31,3)27(30)33/h8-14,20,29H,5-7,15-17H2,1-4H3. The Morgan fingerprint density at radius 3 is 2.66 bits per heavy atom. The molecule has 0 saturated carbocycles. The summed E-state index contributed by atoms with van der Waals surface area (Å²) in [4.78, 5) is 34.6. The zero-order chi connectivity index (χ0) is 24.7. The Morgan fingerprint density at radius 2 is 1.91 bits per heavy atom. The molecule has 0 aliphatic carbocycles. The molecule has 3 heterocycles. The first kappa shape index (κ1) is 23.3. The minimum absolute atomic E-state index is 0.0209. The van der Waals surface area contributed by atoms with Gasteiger partial charge in [0.15, 0.2) is 17.0 Å². The van der Waals surface area contributed by atoms with Crippen LogP contribution >= 0.6 is 0 Å². The quantitative estimate of drug-likeness (QED) is 0.549. The van der Waals surface area contributed by atoms with E-state index < -0.39 is 5.54 Å². The second-order valence-corrected chi connectivity index (χ2v) is 9.48. The fourth-order valence-corrected chi connectivity index (χ4v) is 5.75. The number of fused-ring (bicyclic) bond motifs is 5. The predicted molar refractivity (Wildman–Crippen MR) is 135 cm³/mol. The van der Waals surface area contributed by atoms with Crippen LogP contribution in [0.5, 0.6) is 11.5 Å². The average Bonchev–Trinajstić information content (AvgIpc) is 3.27. The fourth-order valence-electron chi connectivity index (χ4n) is 5.75. The van der Waals surface area contributed by atoms with Crippen molar-refractivity contribution in [2.75, 3.05) is 33.4 Å².